The van der Waals surface area contributed by atoms with Crippen LogP contribution in [0.25, 0.3) is 0 Å². The molecule has 1 aliphatic rings. The van der Waals surface area contributed by atoms with Gasteiger partial charge in [0.05, 0.1) is 11.9 Å². The van der Waals surface area contributed by atoms with E-state index in [4.69, 9.17) is 4.74 Å². The highest BCUT2D eigenvalue weighted by molar-refractivity contribution is 5.91. The molecule has 1 aromatic rings. The highest BCUT2D eigenvalue weighted by atomic mass is 16.5. The van der Waals surface area contributed by atoms with Crippen LogP contribution in [0.15, 0.2) is 12.4 Å². The molecule has 1 aliphatic heterocycles. The van der Waals surface area contributed by atoms with E-state index in [0.717, 1.165) is 31.7 Å². The molecule has 0 unspecified atom stereocenters. The van der Waals surface area contributed by atoms with Crippen LogP contribution >= 0.6 is 0 Å². The van der Waals surface area contributed by atoms with Crippen LogP contribution in [0, 0.1) is 12.8 Å². The molecule has 0 radical (unpaired) electrons. The first-order valence-electron chi connectivity index (χ1n) is 5.90. The van der Waals surface area contributed by atoms with Crippen LogP contribution in [-0.2, 0) is 4.74 Å². The fourth-order valence-corrected chi connectivity index (χ4v) is 1.85. The first-order valence-corrected chi connectivity index (χ1v) is 5.90. The topological polar surface area (TPSA) is 64.1 Å². The van der Waals surface area contributed by atoms with Gasteiger partial charge in [-0.3, -0.25) is 9.78 Å². The summed E-state index contributed by atoms with van der Waals surface area (Å²) in [4.78, 5) is 19.9. The Morgan fingerprint density at radius 2 is 2.24 bits per heavy atom. The molecule has 5 nitrogen and oxygen atoms in total. The monoisotopic (exact) mass is 235 g/mol. The molecular weight excluding hydrogens is 218 g/mol. The van der Waals surface area contributed by atoms with Crippen molar-refractivity contribution >= 4 is 5.91 Å². The number of aryl methyl sites for hydroxylation is 1. The number of aromatic nitrogens is 2. The standard InChI is InChI=1S/C12H17N3O2/c1-9-6-13-8-11(15-9)12(16)14-7-10-2-4-17-5-3-10/h6,8,10H,2-5,7H2,1H3,(H,14,16). The van der Waals surface area contributed by atoms with Gasteiger partial charge in [0, 0.05) is 26.0 Å². The summed E-state index contributed by atoms with van der Waals surface area (Å²) in [5.74, 6) is 0.373. The average molecular weight is 235 g/mol. The van der Waals surface area contributed by atoms with Crippen molar-refractivity contribution < 1.29 is 9.53 Å². The van der Waals surface area contributed by atoms with Crippen molar-refractivity contribution in [1.82, 2.24) is 15.3 Å². The van der Waals surface area contributed by atoms with Gasteiger partial charge < -0.3 is 10.1 Å². The lowest BCUT2D eigenvalue weighted by Crippen LogP contribution is -2.32. The molecule has 17 heavy (non-hydrogen) atoms. The van der Waals surface area contributed by atoms with Crippen LogP contribution in [-0.4, -0.2) is 35.6 Å². The second-order valence-corrected chi connectivity index (χ2v) is 4.31. The number of rotatable bonds is 3. The molecule has 2 heterocycles. The Morgan fingerprint density at radius 1 is 1.47 bits per heavy atom. The van der Waals surface area contributed by atoms with Gasteiger partial charge in [0.1, 0.15) is 5.69 Å². The third-order valence-electron chi connectivity index (χ3n) is 2.88. The molecule has 5 heteroatoms. The highest BCUT2D eigenvalue weighted by Gasteiger charge is 2.15. The van der Waals surface area contributed by atoms with Crippen LogP contribution in [0.4, 0.5) is 0 Å². The molecule has 1 fully saturated rings. The largest absolute Gasteiger partial charge is 0.381 e. The van der Waals surface area contributed by atoms with Gasteiger partial charge in [0.25, 0.3) is 5.91 Å². The molecule has 0 aromatic carbocycles. The van der Waals surface area contributed by atoms with Gasteiger partial charge in [-0.2, -0.15) is 0 Å². The van der Waals surface area contributed by atoms with E-state index in [-0.39, 0.29) is 5.91 Å². The van der Waals surface area contributed by atoms with E-state index in [9.17, 15) is 4.79 Å². The van der Waals surface area contributed by atoms with E-state index in [2.05, 4.69) is 15.3 Å². The van der Waals surface area contributed by atoms with Crippen molar-refractivity contribution in [1.29, 1.82) is 0 Å². The van der Waals surface area contributed by atoms with Crippen molar-refractivity contribution in [2.45, 2.75) is 19.8 Å². The van der Waals surface area contributed by atoms with Crippen LogP contribution in [0.5, 0.6) is 0 Å². The van der Waals surface area contributed by atoms with Gasteiger partial charge in [-0.15, -0.1) is 0 Å². The van der Waals surface area contributed by atoms with E-state index in [1.807, 2.05) is 6.92 Å². The molecule has 2 rings (SSSR count). The lowest BCUT2D eigenvalue weighted by molar-refractivity contribution is 0.0642. The molecule has 0 saturated carbocycles. The molecule has 1 amide bonds. The zero-order valence-corrected chi connectivity index (χ0v) is 9.98. The first kappa shape index (κ1) is 12.0. The van der Waals surface area contributed by atoms with Crippen molar-refractivity contribution in [3.8, 4) is 0 Å². The van der Waals surface area contributed by atoms with Crippen LogP contribution in [0.2, 0.25) is 0 Å². The lowest BCUT2D eigenvalue weighted by Gasteiger charge is -2.21. The minimum Gasteiger partial charge on any atom is -0.381 e. The summed E-state index contributed by atoms with van der Waals surface area (Å²) >= 11 is 0. The summed E-state index contributed by atoms with van der Waals surface area (Å²) in [5.41, 5.74) is 1.14. The predicted molar refractivity (Wildman–Crippen MR) is 62.6 cm³/mol. The molecular formula is C12H17N3O2. The Bertz CT molecular complexity index is 389. The van der Waals surface area contributed by atoms with E-state index in [0.29, 0.717) is 18.2 Å². The van der Waals surface area contributed by atoms with Crippen molar-refractivity contribution in [3.05, 3.63) is 23.8 Å². The fourth-order valence-electron chi connectivity index (χ4n) is 1.85. The number of carbonyl (C=O) groups excluding carboxylic acids is 1. The highest BCUT2D eigenvalue weighted by Crippen LogP contribution is 2.13. The van der Waals surface area contributed by atoms with E-state index in [1.54, 1.807) is 6.20 Å². The minimum absolute atomic E-state index is 0.146. The van der Waals surface area contributed by atoms with Gasteiger partial charge in [-0.05, 0) is 25.7 Å². The Labute approximate surface area is 101 Å². The van der Waals surface area contributed by atoms with Gasteiger partial charge in [-0.1, -0.05) is 0 Å². The summed E-state index contributed by atoms with van der Waals surface area (Å²) in [6.07, 6.45) is 5.15. The third-order valence-corrected chi connectivity index (χ3v) is 2.88. The number of nitrogens with one attached hydrogen (secondary N) is 1. The summed E-state index contributed by atoms with van der Waals surface area (Å²) < 4.78 is 5.27. The van der Waals surface area contributed by atoms with Crippen LogP contribution in [0.1, 0.15) is 29.0 Å². The zero-order chi connectivity index (χ0) is 12.1. The van der Waals surface area contributed by atoms with Crippen LogP contribution in [0.3, 0.4) is 0 Å². The maximum absolute atomic E-state index is 11.8. The van der Waals surface area contributed by atoms with E-state index < -0.39 is 0 Å². The lowest BCUT2D eigenvalue weighted by atomic mass is 10.0. The summed E-state index contributed by atoms with van der Waals surface area (Å²) in [5, 5.41) is 2.90. The van der Waals surface area contributed by atoms with Crippen molar-refractivity contribution in [2.24, 2.45) is 5.92 Å². The molecule has 0 aliphatic carbocycles. The third kappa shape index (κ3) is 3.49. The molecule has 0 atom stereocenters. The molecule has 1 saturated heterocycles. The number of carbonyl (C=O) groups is 1. The van der Waals surface area contributed by atoms with Gasteiger partial charge in [0.2, 0.25) is 0 Å². The SMILES string of the molecule is Cc1cncc(C(=O)NCC2CCOCC2)n1. The number of hydrogen-bond donors (Lipinski definition) is 1. The Kier molecular flexibility index (Phi) is 4.03. The summed E-state index contributed by atoms with van der Waals surface area (Å²) in [6, 6.07) is 0. The number of ether oxygens (including phenoxy) is 1. The molecule has 92 valence electrons. The predicted octanol–water partition coefficient (Wildman–Crippen LogP) is 0.941. The number of hydrogen-bond acceptors (Lipinski definition) is 4. The number of nitrogens with zero attached hydrogens (tertiary/aromatic N) is 2. The average Bonchev–Trinajstić information content (AvgIpc) is 2.37. The second-order valence-electron chi connectivity index (χ2n) is 4.31. The molecule has 1 aromatic heterocycles. The van der Waals surface area contributed by atoms with Gasteiger partial charge >= 0.3 is 0 Å². The molecule has 0 bridgehead atoms. The maximum Gasteiger partial charge on any atom is 0.271 e. The Morgan fingerprint density at radius 3 is 2.94 bits per heavy atom. The van der Waals surface area contributed by atoms with Crippen molar-refractivity contribution in [3.63, 3.8) is 0 Å². The zero-order valence-electron chi connectivity index (χ0n) is 9.98. The fraction of sp³-hybridized carbons (Fsp3) is 0.583. The first-order chi connectivity index (χ1) is 8.25. The van der Waals surface area contributed by atoms with Gasteiger partial charge in [-0.25, -0.2) is 4.98 Å². The summed E-state index contributed by atoms with van der Waals surface area (Å²) in [7, 11) is 0. The molecule has 1 N–H and O–H groups in total. The maximum atomic E-state index is 11.8. The van der Waals surface area contributed by atoms with E-state index in [1.165, 1.54) is 6.20 Å². The smallest absolute Gasteiger partial charge is 0.271 e. The van der Waals surface area contributed by atoms with Crippen molar-refractivity contribution in [2.75, 3.05) is 19.8 Å². The number of amides is 1. The minimum atomic E-state index is -0.146. The Balaban J connectivity index is 1.84. The van der Waals surface area contributed by atoms with E-state index >= 15 is 0 Å². The second kappa shape index (κ2) is 5.72. The Hall–Kier alpha value is -1.49. The van der Waals surface area contributed by atoms with Crippen LogP contribution < -0.4 is 5.32 Å². The van der Waals surface area contributed by atoms with Gasteiger partial charge in [0.15, 0.2) is 0 Å². The molecule has 0 spiro atoms. The normalized spacial score (nSPS) is 16.8. The quantitative estimate of drug-likeness (QED) is 0.847. The summed E-state index contributed by atoms with van der Waals surface area (Å²) in [6.45, 7) is 4.11.